The van der Waals surface area contributed by atoms with E-state index in [1.807, 2.05) is 6.20 Å². The SMILES string of the molecule is CNc1ccn[c]c1C(F)(F)F. The van der Waals surface area contributed by atoms with Crippen molar-refractivity contribution in [2.45, 2.75) is 6.18 Å². The van der Waals surface area contributed by atoms with Crippen molar-refractivity contribution in [1.29, 1.82) is 0 Å². The molecule has 0 aliphatic rings. The number of aromatic nitrogens is 1. The molecule has 1 N–H and O–H groups in total. The lowest BCUT2D eigenvalue weighted by molar-refractivity contribution is -0.137. The third-order valence-corrected chi connectivity index (χ3v) is 1.31. The van der Waals surface area contributed by atoms with Gasteiger partial charge in [0, 0.05) is 18.9 Å². The van der Waals surface area contributed by atoms with Gasteiger partial charge in [0.1, 0.15) is 11.8 Å². The van der Waals surface area contributed by atoms with Gasteiger partial charge in [-0.1, -0.05) is 0 Å². The maximum atomic E-state index is 12.1. The van der Waals surface area contributed by atoms with Crippen LogP contribution in [0.3, 0.4) is 0 Å². The molecular formula is C7H6F3N2. The summed E-state index contributed by atoms with van der Waals surface area (Å²) in [6.45, 7) is 0. The van der Waals surface area contributed by atoms with E-state index < -0.39 is 11.7 Å². The van der Waals surface area contributed by atoms with E-state index in [-0.39, 0.29) is 5.69 Å². The smallest absolute Gasteiger partial charge is 0.388 e. The van der Waals surface area contributed by atoms with Crippen LogP contribution in [0.2, 0.25) is 0 Å². The maximum Gasteiger partial charge on any atom is 0.420 e. The first kappa shape index (κ1) is 8.83. The van der Waals surface area contributed by atoms with Crippen LogP contribution in [0.5, 0.6) is 0 Å². The molecule has 0 spiro atoms. The van der Waals surface area contributed by atoms with E-state index in [1.165, 1.54) is 19.3 Å². The highest BCUT2D eigenvalue weighted by molar-refractivity contribution is 5.49. The van der Waals surface area contributed by atoms with E-state index in [2.05, 4.69) is 10.3 Å². The highest BCUT2D eigenvalue weighted by Crippen LogP contribution is 2.33. The minimum absolute atomic E-state index is 0.0162. The van der Waals surface area contributed by atoms with Crippen molar-refractivity contribution in [2.75, 3.05) is 12.4 Å². The Morgan fingerprint density at radius 1 is 1.50 bits per heavy atom. The van der Waals surface area contributed by atoms with Crippen molar-refractivity contribution < 1.29 is 13.2 Å². The molecule has 12 heavy (non-hydrogen) atoms. The van der Waals surface area contributed by atoms with Crippen molar-refractivity contribution in [3.63, 3.8) is 0 Å². The number of rotatable bonds is 1. The molecule has 0 amide bonds. The van der Waals surface area contributed by atoms with Crippen LogP contribution >= 0.6 is 0 Å². The summed E-state index contributed by atoms with van der Waals surface area (Å²) in [7, 11) is 1.42. The van der Waals surface area contributed by atoms with Crippen molar-refractivity contribution in [3.8, 4) is 0 Å². The number of pyridine rings is 1. The lowest BCUT2D eigenvalue weighted by Gasteiger charge is -2.09. The Morgan fingerprint density at radius 3 is 2.58 bits per heavy atom. The quantitative estimate of drug-likeness (QED) is 0.705. The van der Waals surface area contributed by atoms with Crippen LogP contribution in [0.25, 0.3) is 0 Å². The van der Waals surface area contributed by atoms with Gasteiger partial charge in [0.15, 0.2) is 0 Å². The van der Waals surface area contributed by atoms with Crippen LogP contribution in [-0.4, -0.2) is 12.0 Å². The second-order valence-corrected chi connectivity index (χ2v) is 2.09. The lowest BCUT2D eigenvalue weighted by Crippen LogP contribution is -2.09. The number of nitrogens with zero attached hydrogens (tertiary/aromatic N) is 1. The number of anilines is 1. The normalized spacial score (nSPS) is 11.3. The number of hydrogen-bond donors (Lipinski definition) is 1. The van der Waals surface area contributed by atoms with E-state index in [4.69, 9.17) is 0 Å². The molecule has 1 aromatic rings. The summed E-state index contributed by atoms with van der Waals surface area (Å²) in [5.74, 6) is 0. The van der Waals surface area contributed by atoms with E-state index >= 15 is 0 Å². The Labute approximate surface area is 67.4 Å². The van der Waals surface area contributed by atoms with Gasteiger partial charge in [-0.25, -0.2) is 0 Å². The highest BCUT2D eigenvalue weighted by Gasteiger charge is 2.33. The van der Waals surface area contributed by atoms with Crippen LogP contribution < -0.4 is 5.32 Å². The topological polar surface area (TPSA) is 24.9 Å². The Morgan fingerprint density at radius 2 is 2.17 bits per heavy atom. The summed E-state index contributed by atoms with van der Waals surface area (Å²) in [6, 6.07) is 1.25. The van der Waals surface area contributed by atoms with Crippen LogP contribution in [-0.2, 0) is 6.18 Å². The zero-order chi connectivity index (χ0) is 9.19. The molecule has 0 unspecified atom stereocenters. The number of halogens is 3. The molecule has 0 aliphatic heterocycles. The predicted octanol–water partition coefficient (Wildman–Crippen LogP) is 1.94. The molecule has 0 fully saturated rings. The number of alkyl halides is 3. The minimum Gasteiger partial charge on any atom is -0.388 e. The Balaban J connectivity index is 3.14. The van der Waals surface area contributed by atoms with Crippen LogP contribution in [0.4, 0.5) is 18.9 Å². The van der Waals surface area contributed by atoms with Gasteiger partial charge < -0.3 is 5.32 Å². The average Bonchev–Trinajstić information content (AvgIpc) is 2.03. The summed E-state index contributed by atoms with van der Waals surface area (Å²) in [5, 5.41) is 2.41. The largest absolute Gasteiger partial charge is 0.420 e. The van der Waals surface area contributed by atoms with Crippen LogP contribution in [0.1, 0.15) is 5.56 Å². The summed E-state index contributed by atoms with van der Waals surface area (Å²) >= 11 is 0. The molecule has 0 saturated heterocycles. The summed E-state index contributed by atoms with van der Waals surface area (Å²) in [5.41, 5.74) is -0.884. The fourth-order valence-corrected chi connectivity index (χ4v) is 0.782. The zero-order valence-corrected chi connectivity index (χ0v) is 6.24. The molecular weight excluding hydrogens is 169 g/mol. The van der Waals surface area contributed by atoms with E-state index in [1.54, 1.807) is 0 Å². The van der Waals surface area contributed by atoms with Gasteiger partial charge in [0.25, 0.3) is 0 Å². The standard InChI is InChI=1S/C7H6F3N2/c1-11-6-2-3-12-4-5(6)7(8,9)10/h2-3H,1H3,(H,11,12). The molecule has 0 atom stereocenters. The van der Waals surface area contributed by atoms with Gasteiger partial charge in [0.05, 0.1) is 0 Å². The Kier molecular flexibility index (Phi) is 2.21. The Bertz CT molecular complexity index is 270. The van der Waals surface area contributed by atoms with E-state index in [9.17, 15) is 13.2 Å². The van der Waals surface area contributed by atoms with Crippen LogP contribution in [0.15, 0.2) is 12.3 Å². The van der Waals surface area contributed by atoms with Gasteiger partial charge in [-0.05, 0) is 6.07 Å². The van der Waals surface area contributed by atoms with Gasteiger partial charge in [0.2, 0.25) is 0 Å². The molecule has 0 saturated carbocycles. The van der Waals surface area contributed by atoms with Gasteiger partial charge in [-0.3, -0.25) is 4.98 Å². The van der Waals surface area contributed by atoms with Gasteiger partial charge in [-0.15, -0.1) is 0 Å². The monoisotopic (exact) mass is 175 g/mol. The first-order chi connectivity index (χ1) is 5.55. The summed E-state index contributed by atoms with van der Waals surface area (Å²) in [6.07, 6.45) is -1.25. The van der Waals surface area contributed by atoms with Crippen molar-refractivity contribution in [1.82, 2.24) is 4.98 Å². The fraction of sp³-hybridized carbons (Fsp3) is 0.286. The average molecular weight is 175 g/mol. The van der Waals surface area contributed by atoms with E-state index in [0.29, 0.717) is 0 Å². The summed E-state index contributed by atoms with van der Waals surface area (Å²) in [4.78, 5) is 3.27. The van der Waals surface area contributed by atoms with Crippen molar-refractivity contribution >= 4 is 5.69 Å². The van der Waals surface area contributed by atoms with Gasteiger partial charge >= 0.3 is 6.18 Å². The minimum atomic E-state index is -4.40. The number of hydrogen-bond acceptors (Lipinski definition) is 2. The number of nitrogens with one attached hydrogen (secondary N) is 1. The fourth-order valence-electron chi connectivity index (χ4n) is 0.782. The molecule has 1 aromatic heterocycles. The molecule has 0 aromatic carbocycles. The van der Waals surface area contributed by atoms with Crippen molar-refractivity contribution in [3.05, 3.63) is 24.0 Å². The van der Waals surface area contributed by atoms with Crippen LogP contribution in [0, 0.1) is 6.20 Å². The predicted molar refractivity (Wildman–Crippen MR) is 37.6 cm³/mol. The second kappa shape index (κ2) is 3.00. The molecule has 5 heteroatoms. The molecule has 1 radical (unpaired) electrons. The first-order valence-corrected chi connectivity index (χ1v) is 3.17. The second-order valence-electron chi connectivity index (χ2n) is 2.09. The summed E-state index contributed by atoms with van der Waals surface area (Å²) < 4.78 is 36.4. The first-order valence-electron chi connectivity index (χ1n) is 3.17. The molecule has 65 valence electrons. The lowest BCUT2D eigenvalue weighted by atomic mass is 10.2. The van der Waals surface area contributed by atoms with Gasteiger partial charge in [-0.2, -0.15) is 13.2 Å². The molecule has 0 bridgehead atoms. The van der Waals surface area contributed by atoms with E-state index in [0.717, 1.165) is 0 Å². The molecule has 1 heterocycles. The third-order valence-electron chi connectivity index (χ3n) is 1.31. The molecule has 1 rings (SSSR count). The Hall–Kier alpha value is -1.26. The maximum absolute atomic E-state index is 12.1. The van der Waals surface area contributed by atoms with Crippen molar-refractivity contribution in [2.24, 2.45) is 0 Å². The molecule has 2 nitrogen and oxygen atoms in total. The highest BCUT2D eigenvalue weighted by atomic mass is 19.4. The molecule has 0 aliphatic carbocycles. The third kappa shape index (κ3) is 1.66. The zero-order valence-electron chi connectivity index (χ0n) is 6.24.